The van der Waals surface area contributed by atoms with Gasteiger partial charge in [0.1, 0.15) is 12.3 Å². The Hall–Kier alpha value is -4.01. The number of amides is 2. The number of carbonyl (C=O) groups is 3. The van der Waals surface area contributed by atoms with Crippen molar-refractivity contribution in [3.8, 4) is 17.0 Å². The van der Waals surface area contributed by atoms with Crippen LogP contribution in [-0.4, -0.2) is 35.7 Å². The van der Waals surface area contributed by atoms with Crippen LogP contribution < -0.4 is 15.0 Å². The molecule has 7 nitrogen and oxygen atoms in total. The van der Waals surface area contributed by atoms with Crippen LogP contribution in [0.3, 0.4) is 0 Å². The predicted molar refractivity (Wildman–Crippen MR) is 140 cm³/mol. The molecule has 1 N–H and O–H groups in total. The fourth-order valence-electron chi connectivity index (χ4n) is 3.92. The average Bonchev–Trinajstić information content (AvgIpc) is 3.33. The maximum absolute atomic E-state index is 13.1. The molecule has 0 radical (unpaired) electrons. The second kappa shape index (κ2) is 9.93. The number of nitrogens with zero attached hydrogens (tertiary/aromatic N) is 2. The molecule has 0 spiro atoms. The molecule has 36 heavy (non-hydrogen) atoms. The number of benzene rings is 3. The van der Waals surface area contributed by atoms with E-state index in [-0.39, 0.29) is 30.4 Å². The van der Waals surface area contributed by atoms with Crippen LogP contribution in [-0.2, 0) is 9.59 Å². The van der Waals surface area contributed by atoms with E-state index in [0.29, 0.717) is 27.7 Å². The molecule has 1 aromatic heterocycles. The Morgan fingerprint density at radius 3 is 2.67 bits per heavy atom. The van der Waals surface area contributed by atoms with E-state index in [1.54, 1.807) is 48.5 Å². The lowest BCUT2D eigenvalue weighted by molar-refractivity contribution is -0.123. The molecule has 3 aromatic carbocycles. The van der Waals surface area contributed by atoms with Gasteiger partial charge in [0.15, 0.2) is 12.4 Å². The highest BCUT2D eigenvalue weighted by atomic mass is 35.5. The standard InChI is InChI=1S/C27H20ClN3O4S/c1-16-29-22(15-36-16)18-7-10-24-23(11-18)31(26(33)14-35-24)13-25(32)30-21-9-8-19(28)12-20(21)27(34)17-5-3-2-4-6-17/h2-12,15H,13-14H2,1H3,(H,30,32). The molecule has 0 aliphatic carbocycles. The molecule has 0 atom stereocenters. The Bertz CT molecular complexity index is 1490. The monoisotopic (exact) mass is 517 g/mol. The number of fused-ring (bicyclic) bond motifs is 1. The van der Waals surface area contributed by atoms with E-state index in [0.717, 1.165) is 16.3 Å². The summed E-state index contributed by atoms with van der Waals surface area (Å²) >= 11 is 7.68. The second-order valence-corrected chi connectivity index (χ2v) is 9.63. The largest absolute Gasteiger partial charge is 0.482 e. The van der Waals surface area contributed by atoms with Crippen molar-refractivity contribution in [1.82, 2.24) is 4.98 Å². The normalized spacial score (nSPS) is 12.6. The third-order valence-electron chi connectivity index (χ3n) is 5.65. The number of aromatic nitrogens is 1. The molecule has 2 amide bonds. The smallest absolute Gasteiger partial charge is 0.265 e. The summed E-state index contributed by atoms with van der Waals surface area (Å²) in [5, 5.41) is 6.00. The number of nitrogens with one attached hydrogen (secondary N) is 1. The summed E-state index contributed by atoms with van der Waals surface area (Å²) in [6.07, 6.45) is 0. The number of ether oxygens (including phenoxy) is 1. The summed E-state index contributed by atoms with van der Waals surface area (Å²) < 4.78 is 5.57. The van der Waals surface area contributed by atoms with Crippen LogP contribution in [0.15, 0.2) is 72.1 Å². The van der Waals surface area contributed by atoms with Crippen molar-refractivity contribution < 1.29 is 19.1 Å². The summed E-state index contributed by atoms with van der Waals surface area (Å²) in [7, 11) is 0. The Morgan fingerprint density at radius 1 is 1.11 bits per heavy atom. The van der Waals surface area contributed by atoms with Gasteiger partial charge in [0.25, 0.3) is 5.91 Å². The first-order valence-electron chi connectivity index (χ1n) is 11.1. The van der Waals surface area contributed by atoms with E-state index in [1.807, 2.05) is 24.4 Å². The minimum atomic E-state index is -0.462. The highest BCUT2D eigenvalue weighted by molar-refractivity contribution is 7.09. The number of hydrogen-bond donors (Lipinski definition) is 1. The number of hydrogen-bond acceptors (Lipinski definition) is 6. The van der Waals surface area contributed by atoms with Crippen LogP contribution in [0.1, 0.15) is 20.9 Å². The zero-order valence-corrected chi connectivity index (χ0v) is 20.7. The van der Waals surface area contributed by atoms with Gasteiger partial charge in [-0.3, -0.25) is 19.3 Å². The molecule has 2 heterocycles. The Balaban J connectivity index is 1.40. The Kier molecular flexibility index (Phi) is 6.54. The van der Waals surface area contributed by atoms with Crippen LogP contribution in [0, 0.1) is 6.92 Å². The summed E-state index contributed by atoms with van der Waals surface area (Å²) in [6, 6.07) is 18.9. The number of ketones is 1. The van der Waals surface area contributed by atoms with E-state index in [9.17, 15) is 14.4 Å². The summed E-state index contributed by atoms with van der Waals surface area (Å²) in [5.41, 5.74) is 3.13. The lowest BCUT2D eigenvalue weighted by Crippen LogP contribution is -2.43. The molecule has 0 saturated heterocycles. The van der Waals surface area contributed by atoms with Crippen molar-refractivity contribution in [1.29, 1.82) is 0 Å². The predicted octanol–water partition coefficient (Wildman–Crippen LogP) is 5.37. The van der Waals surface area contributed by atoms with E-state index >= 15 is 0 Å². The lowest BCUT2D eigenvalue weighted by Gasteiger charge is -2.29. The number of thiazole rings is 1. The SMILES string of the molecule is Cc1nc(-c2ccc3c(c2)N(CC(=O)Nc2ccc(Cl)cc2C(=O)c2ccccc2)C(=O)CO3)cs1. The topological polar surface area (TPSA) is 88.6 Å². The van der Waals surface area contributed by atoms with E-state index in [1.165, 1.54) is 22.3 Å². The van der Waals surface area contributed by atoms with Crippen LogP contribution in [0.2, 0.25) is 5.02 Å². The van der Waals surface area contributed by atoms with Gasteiger partial charge in [-0.05, 0) is 43.3 Å². The third-order valence-corrected chi connectivity index (χ3v) is 6.66. The zero-order chi connectivity index (χ0) is 25.2. The van der Waals surface area contributed by atoms with Gasteiger partial charge in [-0.15, -0.1) is 11.3 Å². The molecule has 0 fully saturated rings. The van der Waals surface area contributed by atoms with Gasteiger partial charge in [-0.1, -0.05) is 41.9 Å². The van der Waals surface area contributed by atoms with Gasteiger partial charge < -0.3 is 10.1 Å². The fraction of sp³-hybridized carbons (Fsp3) is 0.111. The van der Waals surface area contributed by atoms with Gasteiger partial charge in [0.05, 0.1) is 22.1 Å². The van der Waals surface area contributed by atoms with Crippen molar-refractivity contribution in [3.63, 3.8) is 0 Å². The number of anilines is 2. The first-order chi connectivity index (χ1) is 17.4. The molecule has 9 heteroatoms. The maximum atomic E-state index is 13.1. The van der Waals surface area contributed by atoms with Crippen molar-refractivity contribution in [2.24, 2.45) is 0 Å². The second-order valence-electron chi connectivity index (χ2n) is 8.14. The molecular formula is C27H20ClN3O4S. The Labute approximate surface area is 216 Å². The van der Waals surface area contributed by atoms with Gasteiger partial charge in [0.2, 0.25) is 5.91 Å². The van der Waals surface area contributed by atoms with E-state index < -0.39 is 5.91 Å². The van der Waals surface area contributed by atoms with Crippen LogP contribution in [0.4, 0.5) is 11.4 Å². The Morgan fingerprint density at radius 2 is 1.92 bits per heavy atom. The number of carbonyl (C=O) groups excluding carboxylic acids is 3. The van der Waals surface area contributed by atoms with Gasteiger partial charge in [-0.2, -0.15) is 0 Å². The molecule has 1 aliphatic rings. The molecule has 0 unspecified atom stereocenters. The zero-order valence-electron chi connectivity index (χ0n) is 19.2. The van der Waals surface area contributed by atoms with Gasteiger partial charge in [0, 0.05) is 27.1 Å². The van der Waals surface area contributed by atoms with Gasteiger partial charge >= 0.3 is 0 Å². The highest BCUT2D eigenvalue weighted by Gasteiger charge is 2.28. The summed E-state index contributed by atoms with van der Waals surface area (Å²) in [4.78, 5) is 44.8. The molecule has 180 valence electrons. The average molecular weight is 518 g/mol. The van der Waals surface area contributed by atoms with Crippen molar-refractivity contribution >= 4 is 51.9 Å². The number of aryl methyl sites for hydroxylation is 1. The fourth-order valence-corrected chi connectivity index (χ4v) is 4.72. The minimum Gasteiger partial charge on any atom is -0.482 e. The quantitative estimate of drug-likeness (QED) is 0.347. The summed E-state index contributed by atoms with van der Waals surface area (Å²) in [6.45, 7) is 1.49. The van der Waals surface area contributed by atoms with E-state index in [2.05, 4.69) is 10.3 Å². The molecule has 4 aromatic rings. The first kappa shape index (κ1) is 23.7. The maximum Gasteiger partial charge on any atom is 0.265 e. The number of rotatable bonds is 6. The molecule has 0 saturated carbocycles. The summed E-state index contributed by atoms with van der Waals surface area (Å²) in [5.74, 6) is -0.578. The lowest BCUT2D eigenvalue weighted by atomic mass is 10.0. The van der Waals surface area contributed by atoms with Crippen molar-refractivity contribution in [2.75, 3.05) is 23.4 Å². The van der Waals surface area contributed by atoms with Crippen LogP contribution in [0.5, 0.6) is 5.75 Å². The van der Waals surface area contributed by atoms with E-state index in [4.69, 9.17) is 16.3 Å². The molecule has 5 rings (SSSR count). The molecule has 0 bridgehead atoms. The van der Waals surface area contributed by atoms with Crippen LogP contribution in [0.25, 0.3) is 11.3 Å². The number of halogens is 1. The van der Waals surface area contributed by atoms with Crippen molar-refractivity contribution in [2.45, 2.75) is 6.92 Å². The molecular weight excluding hydrogens is 498 g/mol. The minimum absolute atomic E-state index is 0.172. The first-order valence-corrected chi connectivity index (χ1v) is 12.3. The van der Waals surface area contributed by atoms with Crippen LogP contribution >= 0.6 is 22.9 Å². The third kappa shape index (κ3) is 4.86. The highest BCUT2D eigenvalue weighted by Crippen LogP contribution is 2.36. The van der Waals surface area contributed by atoms with Crippen molar-refractivity contribution in [3.05, 3.63) is 93.3 Å². The molecule has 1 aliphatic heterocycles. The van der Waals surface area contributed by atoms with Gasteiger partial charge in [-0.25, -0.2) is 4.98 Å².